The highest BCUT2D eigenvalue weighted by molar-refractivity contribution is 8.34. The molecule has 0 saturated carbocycles. The summed E-state index contributed by atoms with van der Waals surface area (Å²) in [5.41, 5.74) is 7.78. The summed E-state index contributed by atoms with van der Waals surface area (Å²) in [5, 5.41) is 2.48. The molecule has 2 atom stereocenters. The number of aromatic nitrogens is 6. The van der Waals surface area contributed by atoms with E-state index >= 15 is 0 Å². The second-order valence-corrected chi connectivity index (χ2v) is 25.6. The maximum absolute atomic E-state index is 5.20. The molecule has 8 aromatic heterocycles. The minimum atomic E-state index is -1.43. The van der Waals surface area contributed by atoms with Crippen molar-refractivity contribution in [2.75, 3.05) is 11.5 Å². The van der Waals surface area contributed by atoms with Crippen molar-refractivity contribution in [2.24, 2.45) is 11.8 Å². The molecule has 0 bridgehead atoms. The lowest BCUT2D eigenvalue weighted by Gasteiger charge is -2.42. The minimum Gasteiger partial charge on any atom is -0.252 e. The van der Waals surface area contributed by atoms with E-state index in [2.05, 4.69) is 113 Å². The van der Waals surface area contributed by atoms with Gasteiger partial charge in [-0.2, -0.15) is 27.5 Å². The first-order chi connectivity index (χ1) is 31.0. The standard InChI is InChI=1S/C50H48N6S7/c1-5-9-15-29(7-3)27-63(28-30(8-4)16-10-6-2)41-23-37(33-25-51-45(47-43(33)53-61-55-47)39-21-31-17-11-13-19-35(31)57-39)59-49(41)50-42(63)24-38(60-50)34-26-52-46(48-44(34)54-62-56-48)40-22-32-18-12-14-20-36(32)58-40/h11-14,17-26,29-30H,5-10,15-16,27-28H2,1-4H3. The Morgan fingerprint density at radius 2 is 0.952 bits per heavy atom. The van der Waals surface area contributed by atoms with Crippen molar-refractivity contribution in [3.8, 4) is 51.8 Å². The molecule has 0 N–H and O–H groups in total. The van der Waals surface area contributed by atoms with E-state index < -0.39 is 10.0 Å². The van der Waals surface area contributed by atoms with Gasteiger partial charge >= 0.3 is 0 Å². The van der Waals surface area contributed by atoms with Gasteiger partial charge in [-0.15, -0.1) is 45.3 Å². The van der Waals surface area contributed by atoms with Gasteiger partial charge in [-0.1, -0.05) is 103 Å². The van der Waals surface area contributed by atoms with Gasteiger partial charge in [0.25, 0.3) is 0 Å². The lowest BCUT2D eigenvalue weighted by atomic mass is 10.0. The Morgan fingerprint density at radius 1 is 0.508 bits per heavy atom. The zero-order valence-electron chi connectivity index (χ0n) is 35.8. The molecule has 1 aliphatic heterocycles. The van der Waals surface area contributed by atoms with Crippen molar-refractivity contribution >= 4 is 121 Å². The van der Waals surface area contributed by atoms with E-state index in [0.717, 1.165) is 54.3 Å². The Hall–Kier alpha value is -3.95. The number of hydrogen-bond acceptors (Lipinski definition) is 12. The first-order valence-corrected chi connectivity index (χ1v) is 29.0. The molecule has 0 saturated heterocycles. The molecule has 13 heteroatoms. The van der Waals surface area contributed by atoms with Gasteiger partial charge in [0.15, 0.2) is 0 Å². The van der Waals surface area contributed by atoms with Crippen molar-refractivity contribution in [2.45, 2.75) is 88.9 Å². The van der Waals surface area contributed by atoms with Gasteiger partial charge in [0, 0.05) is 52.5 Å². The largest absolute Gasteiger partial charge is 0.252 e. The minimum absolute atomic E-state index is 0.669. The molecule has 0 spiro atoms. The molecule has 0 aliphatic carbocycles. The highest BCUT2D eigenvalue weighted by atomic mass is 32.3. The lowest BCUT2D eigenvalue weighted by molar-refractivity contribution is 0.484. The lowest BCUT2D eigenvalue weighted by Crippen LogP contribution is -2.20. The summed E-state index contributed by atoms with van der Waals surface area (Å²) in [4.78, 5) is 21.3. The summed E-state index contributed by atoms with van der Waals surface area (Å²) in [6.07, 6.45) is 14.2. The first-order valence-electron chi connectivity index (χ1n) is 22.3. The SMILES string of the molecule is CCCCC(CC)CS1(CC(CC)CCCC)c2cc(-c3cnc(-c4cc5ccccc5s4)c4nsnc34)sc2-c2sc(-c3cnc(-c4cc5ccccc5s4)c4nsnc34)cc21. The number of fused-ring (bicyclic) bond motifs is 7. The zero-order valence-corrected chi connectivity index (χ0v) is 41.6. The maximum Gasteiger partial charge on any atom is 0.132 e. The van der Waals surface area contributed by atoms with E-state index in [4.69, 9.17) is 27.5 Å². The van der Waals surface area contributed by atoms with Crippen LogP contribution in [-0.4, -0.2) is 39.0 Å². The molecule has 2 aromatic carbocycles. The molecular weight excluding hydrogens is 909 g/mol. The molecule has 0 radical (unpaired) electrons. The molecule has 320 valence electrons. The summed E-state index contributed by atoms with van der Waals surface area (Å²) < 4.78 is 22.3. The highest BCUT2D eigenvalue weighted by Gasteiger charge is 2.45. The van der Waals surface area contributed by atoms with E-state index in [0.29, 0.717) is 11.8 Å². The summed E-state index contributed by atoms with van der Waals surface area (Å²) >= 11 is 10.1. The molecule has 0 amide bonds. The highest BCUT2D eigenvalue weighted by Crippen LogP contribution is 2.77. The van der Waals surface area contributed by atoms with Gasteiger partial charge in [0.1, 0.15) is 33.5 Å². The fourth-order valence-corrected chi connectivity index (χ4v) is 21.6. The summed E-state index contributed by atoms with van der Waals surface area (Å²) in [6.45, 7) is 9.56. The fraction of sp³-hybridized carbons (Fsp3) is 0.320. The van der Waals surface area contributed by atoms with Crippen LogP contribution in [0.15, 0.2) is 95.0 Å². The van der Waals surface area contributed by atoms with Crippen LogP contribution in [0.3, 0.4) is 0 Å². The molecule has 63 heavy (non-hydrogen) atoms. The van der Waals surface area contributed by atoms with E-state index in [-0.39, 0.29) is 0 Å². The normalized spacial score (nSPS) is 14.9. The molecule has 1 aliphatic rings. The van der Waals surface area contributed by atoms with Crippen molar-refractivity contribution in [3.05, 3.63) is 85.2 Å². The van der Waals surface area contributed by atoms with Crippen LogP contribution < -0.4 is 0 Å². The van der Waals surface area contributed by atoms with Crippen LogP contribution in [0, 0.1) is 11.8 Å². The average Bonchev–Trinajstić information content (AvgIpc) is 4.17. The monoisotopic (exact) mass is 956 g/mol. The number of benzene rings is 2. The predicted octanol–water partition coefficient (Wildman–Crippen LogP) is 17.3. The van der Waals surface area contributed by atoms with E-state index in [1.165, 1.54) is 126 Å². The summed E-state index contributed by atoms with van der Waals surface area (Å²) in [7, 11) is -1.43. The Kier molecular flexibility index (Phi) is 11.6. The van der Waals surface area contributed by atoms with Gasteiger partial charge in [-0.05, 0) is 83.4 Å². The van der Waals surface area contributed by atoms with Crippen LogP contribution in [0.1, 0.15) is 79.1 Å². The maximum atomic E-state index is 5.20. The third-order valence-electron chi connectivity index (χ3n) is 13.0. The van der Waals surface area contributed by atoms with Crippen LogP contribution >= 0.6 is 78.8 Å². The van der Waals surface area contributed by atoms with Crippen LogP contribution in [0.25, 0.3) is 94.0 Å². The van der Waals surface area contributed by atoms with E-state index in [1.54, 1.807) is 32.5 Å². The topological polar surface area (TPSA) is 77.3 Å². The molecule has 10 aromatic rings. The predicted molar refractivity (Wildman–Crippen MR) is 278 cm³/mol. The molecule has 6 nitrogen and oxygen atoms in total. The van der Waals surface area contributed by atoms with Gasteiger partial charge in [0.2, 0.25) is 0 Å². The van der Waals surface area contributed by atoms with E-state index in [9.17, 15) is 0 Å². The average molecular weight is 957 g/mol. The van der Waals surface area contributed by atoms with Crippen LogP contribution in [0.2, 0.25) is 0 Å². The number of pyridine rings is 2. The van der Waals surface area contributed by atoms with Crippen molar-refractivity contribution in [1.29, 1.82) is 0 Å². The van der Waals surface area contributed by atoms with E-state index in [1.807, 2.05) is 22.7 Å². The zero-order chi connectivity index (χ0) is 42.7. The first kappa shape index (κ1) is 41.7. The third kappa shape index (κ3) is 7.30. The van der Waals surface area contributed by atoms with Gasteiger partial charge in [0.05, 0.1) is 43.0 Å². The number of nitrogens with zero attached hydrogens (tertiary/aromatic N) is 6. The Labute approximate surface area is 394 Å². The molecule has 9 heterocycles. The van der Waals surface area contributed by atoms with Crippen LogP contribution in [-0.2, 0) is 0 Å². The number of rotatable bonds is 16. The molecule has 0 fully saturated rings. The number of hydrogen-bond donors (Lipinski definition) is 0. The Balaban J connectivity index is 1.08. The van der Waals surface area contributed by atoms with Gasteiger partial charge in [-0.3, -0.25) is 9.97 Å². The smallest absolute Gasteiger partial charge is 0.132 e. The van der Waals surface area contributed by atoms with Crippen molar-refractivity contribution in [3.63, 3.8) is 0 Å². The fourth-order valence-electron chi connectivity index (χ4n) is 9.52. The second-order valence-electron chi connectivity index (χ2n) is 16.9. The van der Waals surface area contributed by atoms with Crippen LogP contribution in [0.4, 0.5) is 0 Å². The third-order valence-corrected chi connectivity index (χ3v) is 23.5. The quantitative estimate of drug-likeness (QED) is 0.0960. The van der Waals surface area contributed by atoms with Crippen molar-refractivity contribution < 1.29 is 0 Å². The van der Waals surface area contributed by atoms with Crippen LogP contribution in [0.5, 0.6) is 0 Å². The Bertz CT molecular complexity index is 2970. The second kappa shape index (κ2) is 17.5. The molecule has 11 rings (SSSR count). The number of unbranched alkanes of at least 4 members (excludes halogenated alkanes) is 2. The van der Waals surface area contributed by atoms with Crippen molar-refractivity contribution in [1.82, 2.24) is 27.5 Å². The van der Waals surface area contributed by atoms with Gasteiger partial charge < -0.3 is 0 Å². The molecule has 2 unspecified atom stereocenters. The number of thiophene rings is 4. The summed E-state index contributed by atoms with van der Waals surface area (Å²) in [6, 6.07) is 26.8. The Morgan fingerprint density at radius 3 is 1.38 bits per heavy atom. The molecular formula is C50H48N6S7. The van der Waals surface area contributed by atoms with Gasteiger partial charge in [-0.25, -0.2) is 0 Å². The summed E-state index contributed by atoms with van der Waals surface area (Å²) in [5.74, 6) is 3.82.